The van der Waals surface area contributed by atoms with Crippen molar-refractivity contribution in [3.8, 4) is 22.9 Å². The predicted molar refractivity (Wildman–Crippen MR) is 230 cm³/mol. The highest BCUT2D eigenvalue weighted by atomic mass is 16.7. The minimum atomic E-state index is -1.59. The Hall–Kier alpha value is -6.18. The van der Waals surface area contributed by atoms with Crippen molar-refractivity contribution in [3.05, 3.63) is 96.3 Å². The molecule has 22 nitrogen and oxygen atoms in total. The summed E-state index contributed by atoms with van der Waals surface area (Å²) in [5, 5.41) is 89.9. The van der Waals surface area contributed by atoms with E-state index in [1.54, 1.807) is 24.3 Å². The highest BCUT2D eigenvalue weighted by molar-refractivity contribution is 5.96. The van der Waals surface area contributed by atoms with Crippen molar-refractivity contribution in [3.63, 3.8) is 0 Å². The van der Waals surface area contributed by atoms with Gasteiger partial charge in [0.05, 0.1) is 24.6 Å². The Balaban J connectivity index is 0.881. The Kier molecular flexibility index (Phi) is 17.4. The van der Waals surface area contributed by atoms with Crippen LogP contribution in [-0.4, -0.2) is 162 Å². The average Bonchev–Trinajstić information content (AvgIpc) is 3.33. The maximum Gasteiger partial charge on any atom is 0.251 e. The second-order valence-corrected chi connectivity index (χ2v) is 15.4. The summed E-state index contributed by atoms with van der Waals surface area (Å²) >= 11 is 0. The molecule has 0 bridgehead atoms. The van der Waals surface area contributed by atoms with E-state index in [1.807, 2.05) is 0 Å². The van der Waals surface area contributed by atoms with Gasteiger partial charge in [-0.1, -0.05) is 0 Å². The summed E-state index contributed by atoms with van der Waals surface area (Å²) in [4.78, 5) is 59.7. The van der Waals surface area contributed by atoms with Gasteiger partial charge in [-0.15, -0.1) is 0 Å². The quantitative estimate of drug-likeness (QED) is 0.0492. The fourth-order valence-electron chi connectivity index (χ4n) is 6.81. The number of benzene rings is 2. The third-order valence-corrected chi connectivity index (χ3v) is 10.5. The molecular formula is C44H52N6O16. The van der Waals surface area contributed by atoms with E-state index in [9.17, 15) is 60.0 Å². The summed E-state index contributed by atoms with van der Waals surface area (Å²) in [5.41, 5.74) is 2.13. The van der Waals surface area contributed by atoms with E-state index in [1.165, 1.54) is 60.9 Å². The van der Waals surface area contributed by atoms with E-state index in [0.717, 1.165) is 0 Å². The lowest BCUT2D eigenvalue weighted by Gasteiger charge is -2.39. The number of anilines is 2. The van der Waals surface area contributed by atoms with E-state index < -0.39 is 86.4 Å². The molecule has 4 amide bonds. The lowest BCUT2D eigenvalue weighted by molar-refractivity contribution is -0.277. The van der Waals surface area contributed by atoms with Gasteiger partial charge >= 0.3 is 0 Å². The number of carbonyl (C=O) groups is 4. The van der Waals surface area contributed by atoms with Gasteiger partial charge in [0.2, 0.25) is 24.4 Å². The van der Waals surface area contributed by atoms with Crippen molar-refractivity contribution >= 4 is 35.0 Å². The second kappa shape index (κ2) is 23.3. The number of hydrogen-bond acceptors (Lipinski definition) is 18. The van der Waals surface area contributed by atoms with Crippen LogP contribution >= 0.6 is 0 Å². The molecule has 66 heavy (non-hydrogen) atoms. The number of carbonyl (C=O) groups excluding carboxylic acids is 4. The van der Waals surface area contributed by atoms with Crippen molar-refractivity contribution in [2.75, 3.05) is 36.9 Å². The molecule has 22 heteroatoms. The van der Waals surface area contributed by atoms with Crippen LogP contribution in [-0.2, 0) is 19.1 Å². The summed E-state index contributed by atoms with van der Waals surface area (Å²) in [6, 6.07) is 18.3. The van der Waals surface area contributed by atoms with Gasteiger partial charge < -0.3 is 81.1 Å². The normalized spacial score (nSPS) is 25.0. The number of amides is 4. The maximum absolute atomic E-state index is 13.0. The highest BCUT2D eigenvalue weighted by Gasteiger charge is 2.46. The van der Waals surface area contributed by atoms with Gasteiger partial charge in [0, 0.05) is 60.8 Å². The van der Waals surface area contributed by atoms with Gasteiger partial charge in [0.1, 0.15) is 60.3 Å². The first kappa shape index (κ1) is 49.3. The number of aliphatic hydroxyl groups excluding tert-OH is 8. The van der Waals surface area contributed by atoms with Gasteiger partial charge in [0.15, 0.2) is 0 Å². The Bertz CT molecular complexity index is 2090. The van der Waals surface area contributed by atoms with Crippen molar-refractivity contribution in [2.24, 2.45) is 0 Å². The largest absolute Gasteiger partial charge is 0.462 e. The molecule has 354 valence electrons. The van der Waals surface area contributed by atoms with Gasteiger partial charge in [0.25, 0.3) is 11.8 Å². The van der Waals surface area contributed by atoms with Crippen LogP contribution in [0.3, 0.4) is 0 Å². The molecule has 2 saturated heterocycles. The third kappa shape index (κ3) is 13.0. The summed E-state index contributed by atoms with van der Waals surface area (Å²) in [6.45, 7) is -0.820. The zero-order chi connectivity index (χ0) is 47.3. The topological polar surface area (TPSA) is 341 Å². The Morgan fingerprint density at radius 1 is 0.530 bits per heavy atom. The van der Waals surface area contributed by atoms with Crippen molar-refractivity contribution in [1.29, 1.82) is 0 Å². The predicted octanol–water partition coefficient (Wildman–Crippen LogP) is -1.20. The smallest absolute Gasteiger partial charge is 0.251 e. The molecule has 4 aromatic rings. The average molecular weight is 921 g/mol. The number of pyridine rings is 2. The zero-order valence-electron chi connectivity index (χ0n) is 35.3. The first-order valence-corrected chi connectivity index (χ1v) is 21.0. The molecule has 0 saturated carbocycles. The van der Waals surface area contributed by atoms with E-state index in [4.69, 9.17) is 18.9 Å². The molecule has 2 aromatic carbocycles. The van der Waals surface area contributed by atoms with Gasteiger partial charge in [-0.3, -0.25) is 29.1 Å². The van der Waals surface area contributed by atoms with E-state index in [2.05, 4.69) is 31.2 Å². The monoisotopic (exact) mass is 920 g/mol. The van der Waals surface area contributed by atoms with Crippen molar-refractivity contribution in [1.82, 2.24) is 20.6 Å². The molecule has 6 rings (SSSR count). The standard InChI is InChI=1S/C44H52N6O16/c51-21-31-35(55)37(57)39(59)43(65-31)63-27-9-5-25(6-10-27)49-33(53)3-1-15-47-41(61)23-13-17-45-29(19-23)30-20-24(14-18-46-30)42(62)48-16-2-4-34(54)50-26-7-11-28(12-8-26)64-44-40(60)38(58)36(56)32(22-52)66-44/h5-14,17-20,31-32,35-40,43-44,51-52,55-60H,1-4,15-16,21-22H2,(H,47,61)(H,48,62)(H,49,53)(H,50,54)/t31-,32-,35+,36+,37+,38+,39-,40-,43-,44-/m1/s1. The third-order valence-electron chi connectivity index (χ3n) is 10.5. The molecule has 4 heterocycles. The molecule has 2 aliphatic rings. The van der Waals surface area contributed by atoms with Crippen LogP contribution in [0.5, 0.6) is 11.5 Å². The number of hydrogen-bond donors (Lipinski definition) is 12. The minimum Gasteiger partial charge on any atom is -0.462 e. The molecule has 0 spiro atoms. The van der Waals surface area contributed by atoms with E-state index in [0.29, 0.717) is 35.6 Å². The molecular weight excluding hydrogens is 869 g/mol. The van der Waals surface area contributed by atoms with Crippen LogP contribution in [0.2, 0.25) is 0 Å². The summed E-state index contributed by atoms with van der Waals surface area (Å²) in [6.07, 6.45) is -10.6. The summed E-state index contributed by atoms with van der Waals surface area (Å²) < 4.78 is 21.8. The van der Waals surface area contributed by atoms with Crippen LogP contribution in [0.25, 0.3) is 11.4 Å². The molecule has 10 atom stereocenters. The van der Waals surface area contributed by atoms with Gasteiger partial charge in [-0.2, -0.15) is 0 Å². The zero-order valence-corrected chi connectivity index (χ0v) is 35.3. The first-order chi connectivity index (χ1) is 31.7. The molecule has 12 N–H and O–H groups in total. The van der Waals surface area contributed by atoms with Crippen LogP contribution in [0.15, 0.2) is 85.2 Å². The molecule has 0 unspecified atom stereocenters. The molecule has 2 aliphatic heterocycles. The van der Waals surface area contributed by atoms with Crippen LogP contribution in [0.1, 0.15) is 46.4 Å². The molecule has 2 aromatic heterocycles. The minimum absolute atomic E-state index is 0.0864. The molecule has 0 aliphatic carbocycles. The fourth-order valence-corrected chi connectivity index (χ4v) is 6.81. The van der Waals surface area contributed by atoms with E-state index >= 15 is 0 Å². The SMILES string of the molecule is O=C(CCCNC(=O)c1ccnc(-c2cc(C(=O)NCCCC(=O)Nc3ccc(O[C@@H]4O[C@H](CO)[C@H](O)[C@H](O)[C@H]4O)cc3)ccn2)c1)Nc1ccc(O[C@@H]2O[C@H](CO)[C@H](O)[C@H](O)[C@H]2O)cc1. The van der Waals surface area contributed by atoms with Gasteiger partial charge in [-0.25, -0.2) is 0 Å². The maximum atomic E-state index is 13.0. The first-order valence-electron chi connectivity index (χ1n) is 21.0. The van der Waals surface area contributed by atoms with E-state index in [-0.39, 0.29) is 60.4 Å². The lowest BCUT2D eigenvalue weighted by Crippen LogP contribution is -2.60. The number of ether oxygens (including phenoxy) is 4. The van der Waals surface area contributed by atoms with Gasteiger partial charge in [-0.05, 0) is 85.6 Å². The summed E-state index contributed by atoms with van der Waals surface area (Å²) in [7, 11) is 0. The summed E-state index contributed by atoms with van der Waals surface area (Å²) in [5.74, 6) is -0.984. The fraction of sp³-hybridized carbons (Fsp3) is 0.409. The van der Waals surface area contributed by atoms with Crippen LogP contribution < -0.4 is 30.7 Å². The Morgan fingerprint density at radius 3 is 1.27 bits per heavy atom. The van der Waals surface area contributed by atoms with Crippen LogP contribution in [0, 0.1) is 0 Å². The second-order valence-electron chi connectivity index (χ2n) is 15.4. The molecule has 0 radical (unpaired) electrons. The number of aromatic nitrogens is 2. The molecule has 2 fully saturated rings. The Morgan fingerprint density at radius 2 is 0.909 bits per heavy atom. The number of nitrogens with one attached hydrogen (secondary N) is 4. The number of rotatable bonds is 19. The highest BCUT2D eigenvalue weighted by Crippen LogP contribution is 2.27. The lowest BCUT2D eigenvalue weighted by atomic mass is 9.99. The number of nitrogens with zero attached hydrogens (tertiary/aromatic N) is 2. The van der Waals surface area contributed by atoms with Crippen LogP contribution in [0.4, 0.5) is 11.4 Å². The number of aliphatic hydroxyl groups is 8. The Labute approximate surface area is 377 Å². The van der Waals surface area contributed by atoms with Crippen molar-refractivity contribution < 1.29 is 79.0 Å². The van der Waals surface area contributed by atoms with Crippen molar-refractivity contribution in [2.45, 2.75) is 87.1 Å².